The van der Waals surface area contributed by atoms with Crippen LogP contribution in [0.25, 0.3) is 10.8 Å². The van der Waals surface area contributed by atoms with Crippen molar-refractivity contribution in [3.63, 3.8) is 0 Å². The monoisotopic (exact) mass is 384 g/mol. The lowest BCUT2D eigenvalue weighted by Crippen LogP contribution is -2.32. The molecule has 3 unspecified atom stereocenters. The number of fused-ring (bicyclic) bond motifs is 1. The van der Waals surface area contributed by atoms with E-state index in [1.165, 1.54) is 0 Å². The highest BCUT2D eigenvalue weighted by atomic mass is 16.5. The third-order valence-electron chi connectivity index (χ3n) is 5.47. The summed E-state index contributed by atoms with van der Waals surface area (Å²) in [6.07, 6.45) is 1.62. The summed E-state index contributed by atoms with van der Waals surface area (Å²) in [4.78, 5) is 24.0. The maximum Gasteiger partial charge on any atom is 0.314 e. The molecule has 0 aromatic heterocycles. The molecule has 0 aliphatic carbocycles. The second-order valence-corrected chi connectivity index (χ2v) is 7.70. The van der Waals surface area contributed by atoms with Crippen LogP contribution in [0.15, 0.2) is 30.3 Å². The van der Waals surface area contributed by atoms with Gasteiger partial charge in [-0.1, -0.05) is 44.2 Å². The summed E-state index contributed by atoms with van der Waals surface area (Å²) < 4.78 is 11.2. The van der Waals surface area contributed by atoms with Gasteiger partial charge in [0.15, 0.2) is 0 Å². The summed E-state index contributed by atoms with van der Waals surface area (Å²) in [6, 6.07) is 9.99. The third-order valence-corrected chi connectivity index (χ3v) is 5.47. The molecule has 28 heavy (non-hydrogen) atoms. The van der Waals surface area contributed by atoms with Crippen molar-refractivity contribution in [2.75, 3.05) is 0 Å². The van der Waals surface area contributed by atoms with Gasteiger partial charge in [-0.25, -0.2) is 0 Å². The molecule has 0 bridgehead atoms. The average Bonchev–Trinajstić information content (AvgIpc) is 2.66. The molecule has 1 aliphatic heterocycles. The normalized spacial score (nSPS) is 20.6. The van der Waals surface area contributed by atoms with E-state index < -0.39 is 6.10 Å². The van der Waals surface area contributed by atoms with Gasteiger partial charge in [-0.2, -0.15) is 0 Å². The minimum atomic E-state index is -0.631. The van der Waals surface area contributed by atoms with E-state index in [0.29, 0.717) is 25.0 Å². The quantitative estimate of drug-likeness (QED) is 0.600. The van der Waals surface area contributed by atoms with Gasteiger partial charge in [0.2, 0.25) is 0 Å². The van der Waals surface area contributed by atoms with Gasteiger partial charge in [-0.3, -0.25) is 9.59 Å². The standard InChI is InChI=1S/C23H28O5/c1-4-14(2)23(26)28-22-15(3)8-9-16-6-5-7-17(21(16)22)10-11-19-12-18(24)13-20(25)27-19/h5-9,14,18-19,24H,4,10-13H2,1-3H3. The lowest BCUT2D eigenvalue weighted by atomic mass is 9.94. The average molecular weight is 384 g/mol. The Morgan fingerprint density at radius 3 is 2.82 bits per heavy atom. The second-order valence-electron chi connectivity index (χ2n) is 7.70. The van der Waals surface area contributed by atoms with Crippen molar-refractivity contribution in [2.45, 2.75) is 65.1 Å². The summed E-state index contributed by atoms with van der Waals surface area (Å²) in [7, 11) is 0. The van der Waals surface area contributed by atoms with Crippen molar-refractivity contribution in [3.05, 3.63) is 41.5 Å². The molecule has 0 saturated carbocycles. The molecule has 2 aromatic rings. The zero-order chi connectivity index (χ0) is 20.3. The largest absolute Gasteiger partial charge is 0.462 e. The number of aryl methyl sites for hydroxylation is 2. The summed E-state index contributed by atoms with van der Waals surface area (Å²) in [5.41, 5.74) is 1.96. The molecule has 1 fully saturated rings. The Hall–Kier alpha value is -2.40. The summed E-state index contributed by atoms with van der Waals surface area (Å²) in [5, 5.41) is 11.8. The van der Waals surface area contributed by atoms with Crippen molar-refractivity contribution in [1.29, 1.82) is 0 Å². The number of esters is 2. The molecule has 0 spiro atoms. The van der Waals surface area contributed by atoms with Crippen LogP contribution in [-0.2, 0) is 20.7 Å². The highest BCUT2D eigenvalue weighted by molar-refractivity contribution is 5.94. The van der Waals surface area contributed by atoms with Gasteiger partial charge in [-0.15, -0.1) is 0 Å². The zero-order valence-corrected chi connectivity index (χ0v) is 16.7. The molecule has 0 amide bonds. The fourth-order valence-electron chi connectivity index (χ4n) is 3.59. The molecule has 3 rings (SSSR count). The van der Waals surface area contributed by atoms with Gasteiger partial charge in [0, 0.05) is 11.8 Å². The number of benzene rings is 2. The molecule has 3 atom stereocenters. The van der Waals surface area contributed by atoms with E-state index in [9.17, 15) is 14.7 Å². The summed E-state index contributed by atoms with van der Waals surface area (Å²) >= 11 is 0. The maximum atomic E-state index is 12.4. The molecule has 5 nitrogen and oxygen atoms in total. The van der Waals surface area contributed by atoms with E-state index in [0.717, 1.165) is 28.3 Å². The molecule has 0 radical (unpaired) electrons. The Balaban J connectivity index is 1.89. The first-order chi connectivity index (χ1) is 13.4. The number of hydrogen-bond acceptors (Lipinski definition) is 5. The Bertz CT molecular complexity index is 873. The summed E-state index contributed by atoms with van der Waals surface area (Å²) in [6.45, 7) is 5.77. The van der Waals surface area contributed by atoms with Gasteiger partial charge in [-0.05, 0) is 42.7 Å². The first-order valence-electron chi connectivity index (χ1n) is 9.99. The van der Waals surface area contributed by atoms with Crippen LogP contribution in [0.5, 0.6) is 5.75 Å². The molecule has 1 aliphatic rings. The van der Waals surface area contributed by atoms with Crippen LogP contribution in [-0.4, -0.2) is 29.3 Å². The summed E-state index contributed by atoms with van der Waals surface area (Å²) in [5.74, 6) is -0.123. The molecule has 5 heteroatoms. The minimum absolute atomic E-state index is 0.0691. The fraction of sp³-hybridized carbons (Fsp3) is 0.478. The van der Waals surface area contributed by atoms with Crippen molar-refractivity contribution in [3.8, 4) is 5.75 Å². The van der Waals surface area contributed by atoms with Gasteiger partial charge in [0.05, 0.1) is 18.4 Å². The Morgan fingerprint density at radius 1 is 1.32 bits per heavy atom. The predicted molar refractivity (Wildman–Crippen MR) is 107 cm³/mol. The molecular weight excluding hydrogens is 356 g/mol. The molecular formula is C23H28O5. The molecule has 1 heterocycles. The van der Waals surface area contributed by atoms with E-state index >= 15 is 0 Å². The van der Waals surface area contributed by atoms with Crippen molar-refractivity contribution in [1.82, 2.24) is 0 Å². The number of hydrogen-bond donors (Lipinski definition) is 1. The Morgan fingerprint density at radius 2 is 2.11 bits per heavy atom. The van der Waals surface area contributed by atoms with Crippen molar-refractivity contribution >= 4 is 22.7 Å². The van der Waals surface area contributed by atoms with Crippen molar-refractivity contribution < 1.29 is 24.2 Å². The van der Waals surface area contributed by atoms with Crippen LogP contribution < -0.4 is 4.74 Å². The van der Waals surface area contributed by atoms with Crippen LogP contribution in [0, 0.1) is 12.8 Å². The number of cyclic esters (lactones) is 1. The Labute approximate surface area is 165 Å². The van der Waals surface area contributed by atoms with Crippen LogP contribution >= 0.6 is 0 Å². The van der Waals surface area contributed by atoms with Crippen LogP contribution in [0.1, 0.15) is 50.7 Å². The van der Waals surface area contributed by atoms with Gasteiger partial charge in [0.1, 0.15) is 11.9 Å². The maximum absolute atomic E-state index is 12.4. The third kappa shape index (κ3) is 4.53. The van der Waals surface area contributed by atoms with E-state index in [1.807, 2.05) is 51.1 Å². The van der Waals surface area contributed by atoms with Crippen molar-refractivity contribution in [2.24, 2.45) is 5.92 Å². The number of aliphatic hydroxyl groups is 1. The molecule has 1 saturated heterocycles. The van der Waals surface area contributed by atoms with Gasteiger partial charge >= 0.3 is 11.9 Å². The SMILES string of the molecule is CCC(C)C(=O)Oc1c(C)ccc2cccc(CCC3CC(O)CC(=O)O3)c12. The van der Waals surface area contributed by atoms with E-state index in [2.05, 4.69) is 0 Å². The Kier molecular flexibility index (Phi) is 6.35. The van der Waals surface area contributed by atoms with Crippen LogP contribution in [0.2, 0.25) is 0 Å². The molecule has 2 aromatic carbocycles. The van der Waals surface area contributed by atoms with Gasteiger partial charge < -0.3 is 14.6 Å². The van der Waals surface area contributed by atoms with Gasteiger partial charge in [0.25, 0.3) is 0 Å². The zero-order valence-electron chi connectivity index (χ0n) is 16.7. The second kappa shape index (κ2) is 8.74. The number of carbonyl (C=O) groups is 2. The topological polar surface area (TPSA) is 72.8 Å². The fourth-order valence-corrected chi connectivity index (χ4v) is 3.59. The first kappa shape index (κ1) is 20.3. The lowest BCUT2D eigenvalue weighted by molar-refractivity contribution is -0.160. The van der Waals surface area contributed by atoms with E-state index in [-0.39, 0.29) is 30.4 Å². The number of aliphatic hydroxyl groups excluding tert-OH is 1. The smallest absolute Gasteiger partial charge is 0.314 e. The highest BCUT2D eigenvalue weighted by Crippen LogP contribution is 2.34. The predicted octanol–water partition coefficient (Wildman–Crippen LogP) is 4.10. The minimum Gasteiger partial charge on any atom is -0.462 e. The lowest BCUT2D eigenvalue weighted by Gasteiger charge is -2.26. The number of rotatable bonds is 6. The van der Waals surface area contributed by atoms with Crippen LogP contribution in [0.3, 0.4) is 0 Å². The molecule has 1 N–H and O–H groups in total. The van der Waals surface area contributed by atoms with Crippen LogP contribution in [0.4, 0.5) is 0 Å². The highest BCUT2D eigenvalue weighted by Gasteiger charge is 2.27. The number of carbonyl (C=O) groups excluding carboxylic acids is 2. The first-order valence-corrected chi connectivity index (χ1v) is 9.99. The van der Waals surface area contributed by atoms with E-state index in [1.54, 1.807) is 0 Å². The van der Waals surface area contributed by atoms with E-state index in [4.69, 9.17) is 9.47 Å². The molecule has 150 valence electrons. The number of ether oxygens (including phenoxy) is 2.